The first-order valence-corrected chi connectivity index (χ1v) is 12.7. The van der Waals surface area contributed by atoms with Crippen molar-refractivity contribution in [3.05, 3.63) is 36.0 Å². The molecule has 4 unspecified atom stereocenters. The maximum atomic E-state index is 12.9. The number of hydrogen-bond donors (Lipinski definition) is 8. The number of aliphatic hydroxyl groups is 1. The van der Waals surface area contributed by atoms with Gasteiger partial charge in [-0.15, -0.1) is 0 Å². The quantitative estimate of drug-likeness (QED) is 0.135. The fraction of sp³-hybridized carbons (Fsp3) is 0.435. The first-order chi connectivity index (χ1) is 17.6. The summed E-state index contributed by atoms with van der Waals surface area (Å²) < 4.78 is 0. The molecule has 1 heterocycles. The van der Waals surface area contributed by atoms with Gasteiger partial charge < -0.3 is 42.0 Å². The third-order valence-corrected chi connectivity index (χ3v) is 6.15. The number of benzene rings is 1. The summed E-state index contributed by atoms with van der Waals surface area (Å²) >= 11 is 1.42. The Morgan fingerprint density at radius 3 is 2.22 bits per heavy atom. The van der Waals surface area contributed by atoms with E-state index in [4.69, 9.17) is 15.9 Å². The molecule has 2 rings (SSSR count). The largest absolute Gasteiger partial charge is 0.481 e. The number of aliphatic carboxylic acids is 2. The number of hydrogen-bond acceptors (Lipinski definition) is 8. The average molecular weight is 538 g/mol. The molecule has 0 aliphatic heterocycles. The second-order valence-electron chi connectivity index (χ2n) is 8.25. The van der Waals surface area contributed by atoms with Crippen molar-refractivity contribution in [3.63, 3.8) is 0 Å². The van der Waals surface area contributed by atoms with E-state index in [1.54, 1.807) is 12.5 Å². The highest BCUT2D eigenvalue weighted by Crippen LogP contribution is 2.18. The number of carboxylic acid groups (broad SMARTS) is 2. The molecule has 0 spiro atoms. The molecule has 3 amide bonds. The molecule has 0 saturated carbocycles. The SMILES string of the molecule is CSCCC(NC(=O)C(N)Cc1c[nH]c2ccccc12)C(=O)NC(CO)C(=O)NC(CC(=O)O)C(=O)O. The number of thioether (sulfide) groups is 1. The zero-order valence-corrected chi connectivity index (χ0v) is 20.9. The lowest BCUT2D eigenvalue weighted by atomic mass is 10.0. The fourth-order valence-corrected chi connectivity index (χ4v) is 4.00. The van der Waals surface area contributed by atoms with Crippen LogP contribution in [0.5, 0.6) is 0 Å². The van der Waals surface area contributed by atoms with Gasteiger partial charge in [-0.1, -0.05) is 18.2 Å². The minimum atomic E-state index is -1.76. The van der Waals surface area contributed by atoms with E-state index in [-0.39, 0.29) is 12.8 Å². The molecule has 0 bridgehead atoms. The van der Waals surface area contributed by atoms with Gasteiger partial charge in [0.15, 0.2) is 0 Å². The van der Waals surface area contributed by atoms with E-state index in [1.165, 1.54) is 11.8 Å². The second kappa shape index (κ2) is 14.2. The van der Waals surface area contributed by atoms with Crippen LogP contribution in [0.2, 0.25) is 0 Å². The molecule has 14 heteroatoms. The Kier molecular flexibility index (Phi) is 11.4. The molecule has 1 aromatic carbocycles. The molecule has 37 heavy (non-hydrogen) atoms. The van der Waals surface area contributed by atoms with Gasteiger partial charge in [-0.05, 0) is 36.5 Å². The van der Waals surface area contributed by atoms with E-state index < -0.39 is 66.9 Å². The van der Waals surface area contributed by atoms with Crippen molar-refractivity contribution in [3.8, 4) is 0 Å². The number of para-hydroxylation sites is 1. The van der Waals surface area contributed by atoms with Crippen molar-refractivity contribution in [1.82, 2.24) is 20.9 Å². The van der Waals surface area contributed by atoms with Gasteiger partial charge in [0.05, 0.1) is 19.1 Å². The summed E-state index contributed by atoms with van der Waals surface area (Å²) in [6, 6.07) is 2.12. The molecule has 13 nitrogen and oxygen atoms in total. The smallest absolute Gasteiger partial charge is 0.326 e. The summed E-state index contributed by atoms with van der Waals surface area (Å²) in [7, 11) is 0. The molecular weight excluding hydrogens is 506 g/mol. The van der Waals surface area contributed by atoms with E-state index in [0.29, 0.717) is 5.75 Å². The Balaban J connectivity index is 2.05. The Morgan fingerprint density at radius 2 is 1.59 bits per heavy atom. The summed E-state index contributed by atoms with van der Waals surface area (Å²) in [6.45, 7) is -0.889. The van der Waals surface area contributed by atoms with Crippen LogP contribution in [-0.4, -0.2) is 92.7 Å². The second-order valence-corrected chi connectivity index (χ2v) is 9.24. The average Bonchev–Trinajstić information content (AvgIpc) is 3.26. The van der Waals surface area contributed by atoms with Crippen molar-refractivity contribution in [2.24, 2.45) is 5.73 Å². The van der Waals surface area contributed by atoms with Gasteiger partial charge in [0.25, 0.3) is 0 Å². The number of fused-ring (bicyclic) bond motifs is 1. The molecule has 9 N–H and O–H groups in total. The van der Waals surface area contributed by atoms with Gasteiger partial charge in [0.1, 0.15) is 18.1 Å². The lowest BCUT2D eigenvalue weighted by Gasteiger charge is -2.24. The Bertz CT molecular complexity index is 1120. The molecule has 1 aromatic heterocycles. The predicted molar refractivity (Wildman–Crippen MR) is 136 cm³/mol. The first kappa shape index (κ1) is 29.6. The van der Waals surface area contributed by atoms with Crippen LogP contribution in [0.15, 0.2) is 30.5 Å². The van der Waals surface area contributed by atoms with Gasteiger partial charge in [-0.25, -0.2) is 4.79 Å². The van der Waals surface area contributed by atoms with Crippen LogP contribution in [0.25, 0.3) is 10.9 Å². The van der Waals surface area contributed by atoms with Crippen molar-refractivity contribution in [1.29, 1.82) is 0 Å². The number of carbonyl (C=O) groups is 5. The summed E-state index contributed by atoms with van der Waals surface area (Å²) in [5.74, 6) is -5.04. The molecule has 0 aliphatic carbocycles. The number of carbonyl (C=O) groups excluding carboxylic acids is 3. The van der Waals surface area contributed by atoms with E-state index in [0.717, 1.165) is 16.5 Å². The maximum Gasteiger partial charge on any atom is 0.326 e. The molecule has 0 fully saturated rings. The molecule has 0 aliphatic rings. The van der Waals surface area contributed by atoms with E-state index >= 15 is 0 Å². The van der Waals surface area contributed by atoms with Crippen molar-refractivity contribution in [2.45, 2.75) is 43.4 Å². The summed E-state index contributed by atoms with van der Waals surface area (Å²) in [4.78, 5) is 63.3. The third kappa shape index (κ3) is 8.77. The zero-order valence-electron chi connectivity index (χ0n) is 20.1. The molecule has 2 aromatic rings. The number of aromatic nitrogens is 1. The van der Waals surface area contributed by atoms with Crippen LogP contribution in [0.4, 0.5) is 0 Å². The Morgan fingerprint density at radius 1 is 0.973 bits per heavy atom. The van der Waals surface area contributed by atoms with Gasteiger partial charge in [-0.3, -0.25) is 19.2 Å². The zero-order chi connectivity index (χ0) is 27.5. The Labute approximate surface area is 216 Å². The first-order valence-electron chi connectivity index (χ1n) is 11.3. The van der Waals surface area contributed by atoms with E-state index in [1.807, 2.05) is 29.6 Å². The van der Waals surface area contributed by atoms with Crippen molar-refractivity contribution >= 4 is 52.3 Å². The van der Waals surface area contributed by atoms with Gasteiger partial charge in [0, 0.05) is 17.1 Å². The number of H-pyrrole nitrogens is 1. The minimum absolute atomic E-state index is 0.190. The minimum Gasteiger partial charge on any atom is -0.481 e. The maximum absolute atomic E-state index is 12.9. The Hall–Kier alpha value is -3.62. The highest BCUT2D eigenvalue weighted by atomic mass is 32.2. The molecular formula is C23H31N5O8S. The lowest BCUT2D eigenvalue weighted by Crippen LogP contribution is -2.58. The van der Waals surface area contributed by atoms with Crippen molar-refractivity contribution in [2.75, 3.05) is 18.6 Å². The number of amides is 3. The lowest BCUT2D eigenvalue weighted by molar-refractivity contribution is -0.147. The fourth-order valence-electron chi connectivity index (χ4n) is 3.53. The van der Waals surface area contributed by atoms with E-state index in [9.17, 15) is 29.1 Å². The monoisotopic (exact) mass is 537 g/mol. The van der Waals surface area contributed by atoms with Gasteiger partial charge in [0.2, 0.25) is 17.7 Å². The normalized spacial score (nSPS) is 14.2. The highest BCUT2D eigenvalue weighted by Gasteiger charge is 2.30. The van der Waals surface area contributed by atoms with Gasteiger partial charge >= 0.3 is 11.9 Å². The van der Waals surface area contributed by atoms with Crippen molar-refractivity contribution < 1.29 is 39.3 Å². The predicted octanol–water partition coefficient (Wildman–Crippen LogP) is -1.20. The highest BCUT2D eigenvalue weighted by molar-refractivity contribution is 7.98. The number of nitrogens with one attached hydrogen (secondary N) is 4. The summed E-state index contributed by atoms with van der Waals surface area (Å²) in [5.41, 5.74) is 7.83. The van der Waals surface area contributed by atoms with Crippen LogP contribution in [0, 0.1) is 0 Å². The number of nitrogens with two attached hydrogens (primary N) is 1. The van der Waals surface area contributed by atoms with E-state index in [2.05, 4.69) is 15.6 Å². The standard InChI is InChI=1S/C23H31N5O8S/c1-37-7-6-16(21(33)28-18(11-29)22(34)27-17(23(35)36)9-19(30)31)26-20(32)14(24)8-12-10-25-15-5-3-2-4-13(12)15/h2-5,10,14,16-18,25,29H,6-9,11,24H2,1H3,(H,26,32)(H,27,34)(H,28,33)(H,30,31)(H,35,36). The summed E-state index contributed by atoms with van der Waals surface area (Å²) in [6.07, 6.45) is 3.06. The molecule has 4 atom stereocenters. The number of aromatic amines is 1. The van der Waals surface area contributed by atoms with Crippen LogP contribution in [0.1, 0.15) is 18.4 Å². The molecule has 0 saturated heterocycles. The van der Waals surface area contributed by atoms with Crippen LogP contribution >= 0.6 is 11.8 Å². The van der Waals surface area contributed by atoms with Crippen LogP contribution < -0.4 is 21.7 Å². The van der Waals surface area contributed by atoms with Gasteiger partial charge in [-0.2, -0.15) is 11.8 Å². The number of aliphatic hydroxyl groups excluding tert-OH is 1. The number of rotatable bonds is 15. The molecule has 0 radical (unpaired) electrons. The van der Waals surface area contributed by atoms with Crippen LogP contribution in [-0.2, 0) is 30.4 Å². The van der Waals surface area contributed by atoms with Crippen LogP contribution in [0.3, 0.4) is 0 Å². The topological polar surface area (TPSA) is 224 Å². The summed E-state index contributed by atoms with van der Waals surface area (Å²) in [5, 5.41) is 35.3. The third-order valence-electron chi connectivity index (χ3n) is 5.50. The number of carboxylic acids is 2. The molecule has 202 valence electrons.